The van der Waals surface area contributed by atoms with E-state index in [0.29, 0.717) is 6.04 Å². The molecule has 0 bridgehead atoms. The van der Waals surface area contributed by atoms with Crippen LogP contribution in [0.15, 0.2) is 0 Å². The smallest absolute Gasteiger partial charge is 0.410 e. The van der Waals surface area contributed by atoms with Crippen molar-refractivity contribution >= 4 is 6.09 Å². The van der Waals surface area contributed by atoms with E-state index < -0.39 is 0 Å². The summed E-state index contributed by atoms with van der Waals surface area (Å²) in [4.78, 5) is 13.2. The lowest BCUT2D eigenvalue weighted by atomic mass is 10.2. The lowest BCUT2D eigenvalue weighted by Gasteiger charge is -2.20. The molecule has 0 aromatic heterocycles. The SMILES string of the molecule is CC1CN(C2CCCC2)C(=O)O1. The van der Waals surface area contributed by atoms with Crippen LogP contribution in [-0.4, -0.2) is 29.7 Å². The largest absolute Gasteiger partial charge is 0.444 e. The first-order valence-corrected chi connectivity index (χ1v) is 4.74. The maximum Gasteiger partial charge on any atom is 0.410 e. The van der Waals surface area contributed by atoms with Gasteiger partial charge in [-0.2, -0.15) is 0 Å². The molecule has 2 fully saturated rings. The van der Waals surface area contributed by atoms with Gasteiger partial charge in [0.1, 0.15) is 6.10 Å². The molecule has 1 amide bonds. The quantitative estimate of drug-likeness (QED) is 0.598. The standard InChI is InChI=1S/C9H15NO2/c1-7-6-10(9(11)12-7)8-4-2-3-5-8/h7-8H,2-6H2,1H3. The highest BCUT2D eigenvalue weighted by Crippen LogP contribution is 2.26. The third kappa shape index (κ3) is 1.28. The highest BCUT2D eigenvalue weighted by molar-refractivity contribution is 5.70. The number of amides is 1. The summed E-state index contributed by atoms with van der Waals surface area (Å²) in [5.74, 6) is 0. The number of carbonyl (C=O) groups excluding carboxylic acids is 1. The fourth-order valence-corrected chi connectivity index (χ4v) is 2.14. The van der Waals surface area contributed by atoms with Crippen molar-refractivity contribution in [3.63, 3.8) is 0 Å². The Hall–Kier alpha value is -0.730. The van der Waals surface area contributed by atoms with E-state index in [9.17, 15) is 4.79 Å². The third-order valence-electron chi connectivity index (χ3n) is 2.76. The summed E-state index contributed by atoms with van der Waals surface area (Å²) in [7, 11) is 0. The molecule has 1 unspecified atom stereocenters. The van der Waals surface area contributed by atoms with Gasteiger partial charge in [-0.3, -0.25) is 0 Å². The molecule has 1 heterocycles. The number of hydrogen-bond acceptors (Lipinski definition) is 2. The molecule has 2 rings (SSSR count). The van der Waals surface area contributed by atoms with Crippen LogP contribution in [0, 0.1) is 0 Å². The molecule has 0 aromatic carbocycles. The molecule has 0 aromatic rings. The van der Waals surface area contributed by atoms with Crippen LogP contribution in [-0.2, 0) is 4.74 Å². The van der Waals surface area contributed by atoms with Crippen LogP contribution in [0.3, 0.4) is 0 Å². The molecule has 1 saturated carbocycles. The van der Waals surface area contributed by atoms with Crippen LogP contribution in [0.25, 0.3) is 0 Å². The van der Waals surface area contributed by atoms with E-state index in [1.165, 1.54) is 25.7 Å². The van der Waals surface area contributed by atoms with Crippen LogP contribution in [0.2, 0.25) is 0 Å². The van der Waals surface area contributed by atoms with E-state index in [0.717, 1.165) is 6.54 Å². The Balaban J connectivity index is 1.98. The number of hydrogen-bond donors (Lipinski definition) is 0. The molecule has 0 N–H and O–H groups in total. The first kappa shape index (κ1) is 7.90. The molecule has 1 saturated heterocycles. The minimum Gasteiger partial charge on any atom is -0.444 e. The molecule has 2 aliphatic rings. The summed E-state index contributed by atoms with van der Waals surface area (Å²) >= 11 is 0. The summed E-state index contributed by atoms with van der Waals surface area (Å²) in [5.41, 5.74) is 0. The number of rotatable bonds is 1. The second kappa shape index (κ2) is 2.96. The van der Waals surface area contributed by atoms with Crippen molar-refractivity contribution in [3.8, 4) is 0 Å². The first-order chi connectivity index (χ1) is 5.77. The lowest BCUT2D eigenvalue weighted by Crippen LogP contribution is -2.34. The molecule has 1 atom stereocenters. The second-order valence-corrected chi connectivity index (χ2v) is 3.79. The van der Waals surface area contributed by atoms with Crippen molar-refractivity contribution in [2.75, 3.05) is 6.54 Å². The van der Waals surface area contributed by atoms with Crippen molar-refractivity contribution in [1.29, 1.82) is 0 Å². The Bertz CT molecular complexity index is 187. The average Bonchev–Trinajstić information content (AvgIpc) is 2.58. The van der Waals surface area contributed by atoms with E-state index in [1.54, 1.807) is 0 Å². The highest BCUT2D eigenvalue weighted by Gasteiger charge is 2.34. The minimum atomic E-state index is -0.102. The topological polar surface area (TPSA) is 29.5 Å². The Kier molecular flexibility index (Phi) is 1.95. The molecule has 1 aliphatic heterocycles. The Labute approximate surface area is 72.7 Å². The van der Waals surface area contributed by atoms with Gasteiger partial charge in [-0.15, -0.1) is 0 Å². The van der Waals surface area contributed by atoms with Crippen LogP contribution in [0.1, 0.15) is 32.6 Å². The zero-order valence-electron chi connectivity index (χ0n) is 7.45. The fourth-order valence-electron chi connectivity index (χ4n) is 2.14. The first-order valence-electron chi connectivity index (χ1n) is 4.74. The summed E-state index contributed by atoms with van der Waals surface area (Å²) in [6.07, 6.45) is 4.86. The normalized spacial score (nSPS) is 31.2. The fraction of sp³-hybridized carbons (Fsp3) is 0.889. The Morgan fingerprint density at radius 2 is 2.08 bits per heavy atom. The molecular formula is C9H15NO2. The van der Waals surface area contributed by atoms with E-state index in [2.05, 4.69) is 0 Å². The van der Waals surface area contributed by atoms with Crippen molar-refractivity contribution < 1.29 is 9.53 Å². The van der Waals surface area contributed by atoms with Crippen LogP contribution in [0.5, 0.6) is 0 Å². The van der Waals surface area contributed by atoms with Gasteiger partial charge < -0.3 is 9.64 Å². The van der Waals surface area contributed by atoms with E-state index in [1.807, 2.05) is 11.8 Å². The van der Waals surface area contributed by atoms with E-state index >= 15 is 0 Å². The van der Waals surface area contributed by atoms with Crippen LogP contribution >= 0.6 is 0 Å². The second-order valence-electron chi connectivity index (χ2n) is 3.79. The molecular weight excluding hydrogens is 154 g/mol. The van der Waals surface area contributed by atoms with Crippen molar-refractivity contribution in [2.24, 2.45) is 0 Å². The molecule has 1 aliphatic carbocycles. The summed E-state index contributed by atoms with van der Waals surface area (Å²) in [5, 5.41) is 0. The van der Waals surface area contributed by atoms with Crippen molar-refractivity contribution in [3.05, 3.63) is 0 Å². The predicted molar refractivity (Wildman–Crippen MR) is 44.9 cm³/mol. The van der Waals surface area contributed by atoms with Crippen molar-refractivity contribution in [1.82, 2.24) is 4.90 Å². The molecule has 3 nitrogen and oxygen atoms in total. The zero-order valence-corrected chi connectivity index (χ0v) is 7.45. The maximum atomic E-state index is 11.3. The molecule has 3 heteroatoms. The number of ether oxygens (including phenoxy) is 1. The van der Waals surface area contributed by atoms with Gasteiger partial charge in [-0.05, 0) is 19.8 Å². The monoisotopic (exact) mass is 169 g/mol. The predicted octanol–water partition coefficient (Wildman–Crippen LogP) is 1.77. The zero-order chi connectivity index (χ0) is 8.55. The minimum absolute atomic E-state index is 0.0955. The average molecular weight is 169 g/mol. The molecule has 0 spiro atoms. The molecule has 0 radical (unpaired) electrons. The third-order valence-corrected chi connectivity index (χ3v) is 2.76. The Morgan fingerprint density at radius 3 is 2.58 bits per heavy atom. The van der Waals surface area contributed by atoms with Crippen LogP contribution < -0.4 is 0 Å². The van der Waals surface area contributed by atoms with Gasteiger partial charge in [0.15, 0.2) is 0 Å². The van der Waals surface area contributed by atoms with Gasteiger partial charge in [0.05, 0.1) is 6.54 Å². The molecule has 12 heavy (non-hydrogen) atoms. The van der Waals surface area contributed by atoms with Gasteiger partial charge in [-0.25, -0.2) is 4.79 Å². The van der Waals surface area contributed by atoms with Crippen LogP contribution in [0.4, 0.5) is 4.79 Å². The van der Waals surface area contributed by atoms with Crippen molar-refractivity contribution in [2.45, 2.75) is 44.8 Å². The lowest BCUT2D eigenvalue weighted by molar-refractivity contribution is 0.133. The number of carbonyl (C=O) groups is 1. The summed E-state index contributed by atoms with van der Waals surface area (Å²) in [6.45, 7) is 2.75. The van der Waals surface area contributed by atoms with Gasteiger partial charge in [0.2, 0.25) is 0 Å². The summed E-state index contributed by atoms with van der Waals surface area (Å²) in [6, 6.07) is 0.474. The van der Waals surface area contributed by atoms with E-state index in [-0.39, 0.29) is 12.2 Å². The maximum absolute atomic E-state index is 11.3. The van der Waals surface area contributed by atoms with Gasteiger partial charge >= 0.3 is 6.09 Å². The van der Waals surface area contributed by atoms with Gasteiger partial charge in [0, 0.05) is 6.04 Å². The number of nitrogens with zero attached hydrogens (tertiary/aromatic N) is 1. The number of cyclic esters (lactones) is 1. The summed E-state index contributed by atoms with van der Waals surface area (Å²) < 4.78 is 5.07. The highest BCUT2D eigenvalue weighted by atomic mass is 16.6. The van der Waals surface area contributed by atoms with Gasteiger partial charge in [-0.1, -0.05) is 12.8 Å². The van der Waals surface area contributed by atoms with E-state index in [4.69, 9.17) is 4.74 Å². The van der Waals surface area contributed by atoms with Gasteiger partial charge in [0.25, 0.3) is 0 Å². The Morgan fingerprint density at radius 1 is 1.42 bits per heavy atom. The molecule has 68 valence electrons.